The molecule has 0 saturated carbocycles. The van der Waals surface area contributed by atoms with Gasteiger partial charge in [-0.2, -0.15) is 5.26 Å². The topological polar surface area (TPSA) is 56.0 Å². The quantitative estimate of drug-likeness (QED) is 0.541. The smallest absolute Gasteiger partial charge is 0.0638 e. The Kier molecular flexibility index (Phi) is 6.14. The Balaban J connectivity index is 3.06. The van der Waals surface area contributed by atoms with E-state index < -0.39 is 0 Å². The van der Waals surface area contributed by atoms with Crippen molar-refractivity contribution < 1.29 is 5.11 Å². The van der Waals surface area contributed by atoms with Crippen molar-refractivity contribution in [1.82, 2.24) is 5.32 Å². The molecule has 0 aliphatic carbocycles. The number of nitrogens with zero attached hydrogens (tertiary/aromatic N) is 1. The van der Waals surface area contributed by atoms with E-state index in [9.17, 15) is 0 Å². The Morgan fingerprint density at radius 1 is 1.70 bits per heavy atom. The van der Waals surface area contributed by atoms with Crippen molar-refractivity contribution >= 4 is 0 Å². The van der Waals surface area contributed by atoms with Crippen molar-refractivity contribution in [2.24, 2.45) is 0 Å². The highest BCUT2D eigenvalue weighted by Gasteiger charge is 1.96. The monoisotopic (exact) mass is 142 g/mol. The Bertz CT molecular complexity index is 109. The van der Waals surface area contributed by atoms with Crippen molar-refractivity contribution in [2.45, 2.75) is 25.8 Å². The zero-order valence-corrected chi connectivity index (χ0v) is 6.30. The van der Waals surface area contributed by atoms with Gasteiger partial charge in [0, 0.05) is 12.6 Å². The van der Waals surface area contributed by atoms with Gasteiger partial charge >= 0.3 is 0 Å². The van der Waals surface area contributed by atoms with Gasteiger partial charge in [0.2, 0.25) is 0 Å². The molecule has 0 amide bonds. The summed E-state index contributed by atoms with van der Waals surface area (Å²) in [5.74, 6) is 0. The zero-order valence-electron chi connectivity index (χ0n) is 6.30. The van der Waals surface area contributed by atoms with E-state index in [1.54, 1.807) is 0 Å². The molecule has 0 heterocycles. The van der Waals surface area contributed by atoms with Crippen LogP contribution in [-0.2, 0) is 0 Å². The van der Waals surface area contributed by atoms with Crippen molar-refractivity contribution in [2.75, 3.05) is 13.2 Å². The summed E-state index contributed by atoms with van der Waals surface area (Å²) in [5.41, 5.74) is 0. The number of hydrogen-bond acceptors (Lipinski definition) is 3. The van der Waals surface area contributed by atoms with Crippen molar-refractivity contribution in [1.29, 1.82) is 5.26 Å². The number of hydrogen-bond donors (Lipinski definition) is 2. The molecule has 0 aliphatic rings. The lowest BCUT2D eigenvalue weighted by atomic mass is 10.2. The first-order valence-electron chi connectivity index (χ1n) is 3.52. The molecule has 0 radical (unpaired) electrons. The molecule has 0 spiro atoms. The fourth-order valence-corrected chi connectivity index (χ4v) is 0.637. The lowest BCUT2D eigenvalue weighted by molar-refractivity contribution is 0.284. The Hall–Kier alpha value is -0.590. The van der Waals surface area contributed by atoms with Crippen molar-refractivity contribution in [3.63, 3.8) is 0 Å². The lowest BCUT2D eigenvalue weighted by Crippen LogP contribution is -2.26. The van der Waals surface area contributed by atoms with Gasteiger partial charge in [0.1, 0.15) is 0 Å². The van der Waals surface area contributed by atoms with Crippen LogP contribution in [-0.4, -0.2) is 24.3 Å². The summed E-state index contributed by atoms with van der Waals surface area (Å²) in [5, 5.41) is 19.8. The van der Waals surface area contributed by atoms with Gasteiger partial charge in [0.25, 0.3) is 0 Å². The largest absolute Gasteiger partial charge is 0.396 e. The molecule has 2 N–H and O–H groups in total. The summed E-state index contributed by atoms with van der Waals surface area (Å²) in [6.45, 7) is 2.96. The van der Waals surface area contributed by atoms with Gasteiger partial charge in [-0.15, -0.1) is 0 Å². The standard InChI is InChI=1S/C7H14N2O/c1-7(3-4-8)9-5-2-6-10/h7,9-10H,2-3,5-6H2,1H3. The summed E-state index contributed by atoms with van der Waals surface area (Å²) in [4.78, 5) is 0. The molecule has 0 rings (SSSR count). The number of aliphatic hydroxyl groups excluding tert-OH is 1. The third kappa shape index (κ3) is 5.54. The summed E-state index contributed by atoms with van der Waals surface area (Å²) in [7, 11) is 0. The predicted octanol–water partition coefficient (Wildman–Crippen LogP) is 0.261. The van der Waals surface area contributed by atoms with E-state index >= 15 is 0 Å². The minimum Gasteiger partial charge on any atom is -0.396 e. The first kappa shape index (κ1) is 9.41. The number of nitriles is 1. The molecule has 0 aromatic rings. The van der Waals surface area contributed by atoms with Gasteiger partial charge < -0.3 is 10.4 Å². The maximum atomic E-state index is 8.40. The minimum absolute atomic E-state index is 0.215. The summed E-state index contributed by atoms with van der Waals surface area (Å²) < 4.78 is 0. The first-order valence-corrected chi connectivity index (χ1v) is 3.52. The predicted molar refractivity (Wildman–Crippen MR) is 39.4 cm³/mol. The molecule has 0 bridgehead atoms. The highest BCUT2D eigenvalue weighted by Crippen LogP contribution is 1.86. The maximum absolute atomic E-state index is 8.40. The van der Waals surface area contributed by atoms with Crippen LogP contribution in [0.3, 0.4) is 0 Å². The molecule has 3 nitrogen and oxygen atoms in total. The molecule has 0 aromatic carbocycles. The molecule has 0 aliphatic heterocycles. The van der Waals surface area contributed by atoms with Gasteiger partial charge in [-0.05, 0) is 19.9 Å². The minimum atomic E-state index is 0.215. The fraction of sp³-hybridized carbons (Fsp3) is 0.857. The summed E-state index contributed by atoms with van der Waals surface area (Å²) in [6.07, 6.45) is 1.29. The molecule has 1 unspecified atom stereocenters. The molecule has 1 atom stereocenters. The molecular formula is C7H14N2O. The number of aliphatic hydroxyl groups is 1. The zero-order chi connectivity index (χ0) is 7.82. The average molecular weight is 142 g/mol. The van der Waals surface area contributed by atoms with E-state index in [1.807, 2.05) is 6.92 Å². The van der Waals surface area contributed by atoms with Crippen LogP contribution in [0.25, 0.3) is 0 Å². The van der Waals surface area contributed by atoms with Crippen LogP contribution in [0.15, 0.2) is 0 Å². The van der Waals surface area contributed by atoms with E-state index in [-0.39, 0.29) is 12.6 Å². The molecule has 10 heavy (non-hydrogen) atoms. The second-order valence-corrected chi connectivity index (χ2v) is 2.29. The second-order valence-electron chi connectivity index (χ2n) is 2.29. The van der Waals surface area contributed by atoms with Gasteiger partial charge in [0.05, 0.1) is 12.5 Å². The highest BCUT2D eigenvalue weighted by atomic mass is 16.3. The SMILES string of the molecule is CC(CC#N)NCCCO. The second kappa shape index (κ2) is 6.53. The Labute approximate surface area is 61.7 Å². The van der Waals surface area contributed by atoms with E-state index in [0.29, 0.717) is 6.42 Å². The van der Waals surface area contributed by atoms with Crippen LogP contribution in [0.1, 0.15) is 19.8 Å². The highest BCUT2D eigenvalue weighted by molar-refractivity contribution is 4.76. The van der Waals surface area contributed by atoms with Crippen molar-refractivity contribution in [3.05, 3.63) is 0 Å². The Morgan fingerprint density at radius 2 is 2.40 bits per heavy atom. The third-order valence-electron chi connectivity index (χ3n) is 1.23. The van der Waals surface area contributed by atoms with Crippen LogP contribution in [0.4, 0.5) is 0 Å². The Morgan fingerprint density at radius 3 is 2.90 bits per heavy atom. The molecular weight excluding hydrogens is 128 g/mol. The number of nitrogens with one attached hydrogen (secondary N) is 1. The molecule has 0 saturated heterocycles. The van der Waals surface area contributed by atoms with Gasteiger partial charge in [-0.25, -0.2) is 0 Å². The van der Waals surface area contributed by atoms with Crippen LogP contribution >= 0.6 is 0 Å². The summed E-state index contributed by atoms with van der Waals surface area (Å²) in [6, 6.07) is 2.32. The fourth-order valence-electron chi connectivity index (χ4n) is 0.637. The molecule has 0 fully saturated rings. The maximum Gasteiger partial charge on any atom is 0.0638 e. The van der Waals surface area contributed by atoms with E-state index in [4.69, 9.17) is 10.4 Å². The van der Waals surface area contributed by atoms with E-state index in [0.717, 1.165) is 13.0 Å². The normalized spacial score (nSPS) is 12.5. The number of rotatable bonds is 5. The third-order valence-corrected chi connectivity index (χ3v) is 1.23. The average Bonchev–Trinajstić information content (AvgIpc) is 1.89. The van der Waals surface area contributed by atoms with Crippen LogP contribution in [0.2, 0.25) is 0 Å². The van der Waals surface area contributed by atoms with E-state index in [1.165, 1.54) is 0 Å². The van der Waals surface area contributed by atoms with Gasteiger partial charge in [-0.3, -0.25) is 0 Å². The summed E-state index contributed by atoms with van der Waals surface area (Å²) >= 11 is 0. The molecule has 58 valence electrons. The van der Waals surface area contributed by atoms with Crippen LogP contribution in [0, 0.1) is 11.3 Å². The molecule has 0 aromatic heterocycles. The van der Waals surface area contributed by atoms with Crippen LogP contribution < -0.4 is 5.32 Å². The first-order chi connectivity index (χ1) is 4.81. The van der Waals surface area contributed by atoms with E-state index in [2.05, 4.69) is 11.4 Å². The van der Waals surface area contributed by atoms with Gasteiger partial charge in [0.15, 0.2) is 0 Å². The molecule has 3 heteroatoms. The van der Waals surface area contributed by atoms with Crippen LogP contribution in [0.5, 0.6) is 0 Å². The lowest BCUT2D eigenvalue weighted by Gasteiger charge is -2.07. The van der Waals surface area contributed by atoms with Gasteiger partial charge in [-0.1, -0.05) is 0 Å². The van der Waals surface area contributed by atoms with Crippen molar-refractivity contribution in [3.8, 4) is 6.07 Å².